The van der Waals surface area contributed by atoms with Gasteiger partial charge in [0.1, 0.15) is 0 Å². The molecular formula is C18H17N5O3. The second kappa shape index (κ2) is 6.55. The predicted molar refractivity (Wildman–Crippen MR) is 91.7 cm³/mol. The molecule has 0 N–H and O–H groups in total. The number of para-hydroxylation sites is 1. The van der Waals surface area contributed by atoms with Crippen molar-refractivity contribution in [3.05, 3.63) is 60.0 Å². The number of ketones is 1. The maximum Gasteiger partial charge on any atom is 0.299 e. The van der Waals surface area contributed by atoms with Crippen molar-refractivity contribution >= 4 is 17.4 Å². The molecule has 1 aliphatic rings. The molecule has 0 saturated carbocycles. The average Bonchev–Trinajstić information content (AvgIpc) is 3.32. The molecule has 3 aromatic rings. The number of piperidine rings is 1. The van der Waals surface area contributed by atoms with E-state index in [1.165, 1.54) is 10.9 Å². The first-order valence-corrected chi connectivity index (χ1v) is 8.34. The van der Waals surface area contributed by atoms with Gasteiger partial charge in [0.05, 0.1) is 11.8 Å². The molecule has 26 heavy (non-hydrogen) atoms. The number of hydrogen-bond acceptors (Lipinski definition) is 6. The molecule has 0 radical (unpaired) electrons. The van der Waals surface area contributed by atoms with Crippen LogP contribution in [0.5, 0.6) is 0 Å². The number of aromatic nitrogens is 4. The predicted octanol–water partition coefficient (Wildman–Crippen LogP) is 1.94. The molecule has 132 valence electrons. The van der Waals surface area contributed by atoms with Gasteiger partial charge in [-0.05, 0) is 18.6 Å². The number of carbonyl (C=O) groups excluding carboxylic acids is 2. The quantitative estimate of drug-likeness (QED) is 0.667. The minimum Gasteiger partial charge on any atom is -0.330 e. The van der Waals surface area contributed by atoms with E-state index in [-0.39, 0.29) is 23.5 Å². The zero-order chi connectivity index (χ0) is 18.1. The normalized spacial score (nSPS) is 17.5. The third kappa shape index (κ3) is 3.01. The lowest BCUT2D eigenvalue weighted by Gasteiger charge is -2.31. The van der Waals surface area contributed by atoms with Crippen LogP contribution in [0.2, 0.25) is 0 Å². The van der Waals surface area contributed by atoms with Gasteiger partial charge in [-0.15, -0.1) is 0 Å². The Hall–Kier alpha value is -3.29. The minimum absolute atomic E-state index is 0.0591. The summed E-state index contributed by atoms with van der Waals surface area (Å²) in [4.78, 5) is 30.6. The lowest BCUT2D eigenvalue weighted by molar-refractivity contribution is -0.119. The minimum atomic E-state index is -0.358. The van der Waals surface area contributed by atoms with E-state index >= 15 is 0 Å². The van der Waals surface area contributed by atoms with E-state index in [0.717, 1.165) is 5.69 Å². The molecular weight excluding hydrogens is 334 g/mol. The van der Waals surface area contributed by atoms with Crippen LogP contribution in [0.25, 0.3) is 0 Å². The van der Waals surface area contributed by atoms with Gasteiger partial charge in [-0.2, -0.15) is 10.1 Å². The van der Waals surface area contributed by atoms with Crippen LogP contribution in [-0.2, 0) is 11.8 Å². The fourth-order valence-corrected chi connectivity index (χ4v) is 3.07. The zero-order valence-corrected chi connectivity index (χ0v) is 14.2. The third-order valence-electron chi connectivity index (χ3n) is 4.45. The van der Waals surface area contributed by atoms with E-state index in [9.17, 15) is 9.59 Å². The van der Waals surface area contributed by atoms with Crippen molar-refractivity contribution < 1.29 is 14.1 Å². The molecule has 3 heterocycles. The first kappa shape index (κ1) is 16.2. The van der Waals surface area contributed by atoms with E-state index in [1.807, 2.05) is 30.3 Å². The Labute approximate surface area is 149 Å². The highest BCUT2D eigenvalue weighted by Gasteiger charge is 2.31. The molecule has 0 spiro atoms. The molecule has 0 bridgehead atoms. The molecule has 1 amide bonds. The second-order valence-corrected chi connectivity index (χ2v) is 6.27. The summed E-state index contributed by atoms with van der Waals surface area (Å²) in [7, 11) is 1.73. The van der Waals surface area contributed by atoms with Crippen LogP contribution in [0, 0.1) is 0 Å². The maximum atomic E-state index is 12.4. The summed E-state index contributed by atoms with van der Waals surface area (Å²) < 4.78 is 6.70. The summed E-state index contributed by atoms with van der Waals surface area (Å²) in [5.41, 5.74) is 1.24. The number of amides is 1. The first-order valence-electron chi connectivity index (χ1n) is 8.34. The topological polar surface area (TPSA) is 94.1 Å². The first-order chi connectivity index (χ1) is 12.6. The van der Waals surface area contributed by atoms with E-state index in [0.29, 0.717) is 30.8 Å². The summed E-state index contributed by atoms with van der Waals surface area (Å²) in [5, 5.41) is 7.95. The number of benzene rings is 1. The summed E-state index contributed by atoms with van der Waals surface area (Å²) in [6, 6.07) is 9.49. The largest absolute Gasteiger partial charge is 0.330 e. The van der Waals surface area contributed by atoms with Gasteiger partial charge in [0, 0.05) is 37.8 Å². The van der Waals surface area contributed by atoms with Gasteiger partial charge in [0.15, 0.2) is 5.82 Å². The van der Waals surface area contributed by atoms with Gasteiger partial charge in [-0.1, -0.05) is 23.4 Å². The fraction of sp³-hybridized carbons (Fsp3) is 0.278. The van der Waals surface area contributed by atoms with Gasteiger partial charge < -0.3 is 9.42 Å². The van der Waals surface area contributed by atoms with E-state index in [2.05, 4.69) is 15.2 Å². The average molecular weight is 351 g/mol. The maximum absolute atomic E-state index is 12.4. The van der Waals surface area contributed by atoms with Crippen LogP contribution >= 0.6 is 0 Å². The Balaban J connectivity index is 1.54. The number of anilines is 1. The third-order valence-corrected chi connectivity index (χ3v) is 4.45. The Kier molecular flexibility index (Phi) is 4.08. The van der Waals surface area contributed by atoms with Gasteiger partial charge in [-0.3, -0.25) is 14.3 Å². The highest BCUT2D eigenvalue weighted by atomic mass is 16.5. The second-order valence-electron chi connectivity index (χ2n) is 6.27. The zero-order valence-electron chi connectivity index (χ0n) is 14.2. The van der Waals surface area contributed by atoms with Crippen molar-refractivity contribution in [3.63, 3.8) is 0 Å². The standard InChI is InChI=1S/C18H17N5O3/c1-22-10-13(9-19-22)16(25)18-20-17(21-26-18)12-7-8-15(24)23(11-12)14-5-3-2-4-6-14/h2-6,9-10,12H,7-8,11H2,1H3. The van der Waals surface area contributed by atoms with E-state index in [1.54, 1.807) is 18.1 Å². The number of rotatable bonds is 4. The number of nitrogens with zero attached hydrogens (tertiary/aromatic N) is 5. The van der Waals surface area contributed by atoms with Gasteiger partial charge >= 0.3 is 0 Å². The Morgan fingerprint density at radius 1 is 1.27 bits per heavy atom. The lowest BCUT2D eigenvalue weighted by atomic mass is 9.96. The summed E-state index contributed by atoms with van der Waals surface area (Å²) in [5.74, 6) is 0.0280. The fourth-order valence-electron chi connectivity index (χ4n) is 3.07. The summed E-state index contributed by atoms with van der Waals surface area (Å²) in [6.07, 6.45) is 4.09. The molecule has 1 fully saturated rings. The van der Waals surface area contributed by atoms with Crippen molar-refractivity contribution in [2.75, 3.05) is 11.4 Å². The molecule has 8 nitrogen and oxygen atoms in total. The molecule has 2 aromatic heterocycles. The SMILES string of the molecule is Cn1cc(C(=O)c2nc(C3CCC(=O)N(c4ccccc4)C3)no2)cn1. The monoisotopic (exact) mass is 351 g/mol. The number of hydrogen-bond donors (Lipinski definition) is 0. The Morgan fingerprint density at radius 2 is 2.08 bits per heavy atom. The molecule has 1 aliphatic heterocycles. The van der Waals surface area contributed by atoms with Gasteiger partial charge in [0.25, 0.3) is 11.7 Å². The van der Waals surface area contributed by atoms with Crippen LogP contribution in [-0.4, -0.2) is 38.2 Å². The molecule has 0 aliphatic carbocycles. The lowest BCUT2D eigenvalue weighted by Crippen LogP contribution is -2.39. The molecule has 1 saturated heterocycles. The Morgan fingerprint density at radius 3 is 2.81 bits per heavy atom. The molecule has 4 rings (SSSR count). The van der Waals surface area contributed by atoms with Crippen molar-refractivity contribution in [1.82, 2.24) is 19.9 Å². The highest BCUT2D eigenvalue weighted by molar-refractivity contribution is 6.05. The molecule has 1 aromatic carbocycles. The van der Waals surface area contributed by atoms with Gasteiger partial charge in [-0.25, -0.2) is 0 Å². The van der Waals surface area contributed by atoms with E-state index in [4.69, 9.17) is 4.52 Å². The summed E-state index contributed by atoms with van der Waals surface area (Å²) in [6.45, 7) is 0.461. The molecule has 1 atom stereocenters. The molecule has 8 heteroatoms. The van der Waals surface area contributed by atoms with E-state index < -0.39 is 0 Å². The number of carbonyl (C=O) groups is 2. The number of aryl methyl sites for hydroxylation is 1. The van der Waals surface area contributed by atoms with Crippen molar-refractivity contribution in [3.8, 4) is 0 Å². The highest BCUT2D eigenvalue weighted by Crippen LogP contribution is 2.29. The van der Waals surface area contributed by atoms with Crippen LogP contribution < -0.4 is 4.90 Å². The van der Waals surface area contributed by atoms with Gasteiger partial charge in [0.2, 0.25) is 5.91 Å². The van der Waals surface area contributed by atoms with Crippen molar-refractivity contribution in [2.45, 2.75) is 18.8 Å². The van der Waals surface area contributed by atoms with Crippen molar-refractivity contribution in [1.29, 1.82) is 0 Å². The van der Waals surface area contributed by atoms with Crippen LogP contribution in [0.15, 0.2) is 47.2 Å². The van der Waals surface area contributed by atoms with Crippen LogP contribution in [0.1, 0.15) is 40.8 Å². The smallest absolute Gasteiger partial charge is 0.299 e. The van der Waals surface area contributed by atoms with Crippen molar-refractivity contribution in [2.24, 2.45) is 7.05 Å². The van der Waals surface area contributed by atoms with Crippen LogP contribution in [0.3, 0.4) is 0 Å². The summed E-state index contributed by atoms with van der Waals surface area (Å²) >= 11 is 0. The van der Waals surface area contributed by atoms with Crippen LogP contribution in [0.4, 0.5) is 5.69 Å². The molecule has 1 unspecified atom stereocenters. The Bertz CT molecular complexity index is 947.